The van der Waals surface area contributed by atoms with Gasteiger partial charge in [0.25, 0.3) is 0 Å². The number of carbonyl (C=O) groups excluding carboxylic acids is 1. The lowest BCUT2D eigenvalue weighted by molar-refractivity contribution is -0.116. The Morgan fingerprint density at radius 2 is 2.04 bits per heavy atom. The summed E-state index contributed by atoms with van der Waals surface area (Å²) in [5, 5.41) is 14.3. The molecule has 0 fully saturated rings. The Morgan fingerprint density at radius 3 is 2.64 bits per heavy atom. The van der Waals surface area contributed by atoms with Crippen LogP contribution in [0.1, 0.15) is 39.5 Å². The van der Waals surface area contributed by atoms with Gasteiger partial charge in [-0.3, -0.25) is 4.79 Å². The Bertz CT molecular complexity index is 655. The smallest absolute Gasteiger partial charge is 0.168 e. The van der Waals surface area contributed by atoms with E-state index in [1.165, 1.54) is 12.1 Å². The number of aliphatic hydroxyl groups excluding tert-OH is 1. The first kappa shape index (κ1) is 19.5. The van der Waals surface area contributed by atoms with Crippen LogP contribution in [0.4, 0.5) is 4.39 Å². The molecule has 0 aromatic heterocycles. The molecule has 4 nitrogen and oxygen atoms in total. The van der Waals surface area contributed by atoms with Crippen molar-refractivity contribution >= 4 is 23.3 Å². The van der Waals surface area contributed by atoms with Crippen molar-refractivity contribution in [2.75, 3.05) is 12.4 Å². The molecule has 1 atom stereocenters. The maximum Gasteiger partial charge on any atom is 0.168 e. The molecular weight excluding hydrogens is 341 g/mol. The van der Waals surface area contributed by atoms with Crippen LogP contribution in [0.15, 0.2) is 45.6 Å². The van der Waals surface area contributed by atoms with Crippen molar-refractivity contribution in [2.24, 2.45) is 11.1 Å². The van der Waals surface area contributed by atoms with E-state index >= 15 is 0 Å². The second kappa shape index (κ2) is 9.61. The van der Waals surface area contributed by atoms with Crippen LogP contribution in [0, 0.1) is 11.7 Å². The van der Waals surface area contributed by atoms with Gasteiger partial charge in [0.15, 0.2) is 5.78 Å². The van der Waals surface area contributed by atoms with Gasteiger partial charge in [-0.05, 0) is 55.7 Å². The van der Waals surface area contributed by atoms with Crippen molar-refractivity contribution in [3.63, 3.8) is 0 Å². The van der Waals surface area contributed by atoms with Gasteiger partial charge < -0.3 is 9.94 Å². The molecule has 1 N–H and O–H groups in total. The SMILES string of the molecule is CCO/N=C(\CC)C1=C(O)CC(CCSc2ccc(F)cc2)CC1=O. The van der Waals surface area contributed by atoms with Crippen molar-refractivity contribution in [3.05, 3.63) is 41.4 Å². The van der Waals surface area contributed by atoms with Crippen molar-refractivity contribution in [1.82, 2.24) is 0 Å². The van der Waals surface area contributed by atoms with Crippen molar-refractivity contribution < 1.29 is 19.1 Å². The number of thioether (sulfide) groups is 1. The molecule has 0 saturated heterocycles. The number of allylic oxidation sites excluding steroid dienone is 2. The standard InChI is InChI=1S/C19H24FNO3S/c1-3-16(21-24-4-2)19-17(22)11-13(12-18(19)23)9-10-25-15-7-5-14(20)6-8-15/h5-8,13,22H,3-4,9-12H2,1-2H3/b21-16+. The summed E-state index contributed by atoms with van der Waals surface area (Å²) in [6.07, 6.45) is 2.25. The first-order chi connectivity index (χ1) is 12.0. The summed E-state index contributed by atoms with van der Waals surface area (Å²) in [6, 6.07) is 6.38. The molecular formula is C19H24FNO3S. The number of hydrogen-bond acceptors (Lipinski definition) is 5. The third-order valence-electron chi connectivity index (χ3n) is 4.06. The number of rotatable bonds is 8. The summed E-state index contributed by atoms with van der Waals surface area (Å²) in [5.41, 5.74) is 0.849. The van der Waals surface area contributed by atoms with E-state index in [0.29, 0.717) is 37.2 Å². The van der Waals surface area contributed by atoms with E-state index in [0.717, 1.165) is 17.1 Å². The molecule has 1 unspecified atom stereocenters. The number of halogens is 1. The lowest BCUT2D eigenvalue weighted by Gasteiger charge is -2.23. The van der Waals surface area contributed by atoms with Crippen LogP contribution in [0.25, 0.3) is 0 Å². The van der Waals surface area contributed by atoms with E-state index in [-0.39, 0.29) is 23.3 Å². The molecule has 1 aromatic carbocycles. The Hall–Kier alpha value is -1.82. The molecule has 0 aliphatic heterocycles. The summed E-state index contributed by atoms with van der Waals surface area (Å²) >= 11 is 1.63. The predicted molar refractivity (Wildman–Crippen MR) is 98.5 cm³/mol. The fourth-order valence-corrected chi connectivity index (χ4v) is 3.82. The van der Waals surface area contributed by atoms with Gasteiger partial charge in [-0.1, -0.05) is 12.1 Å². The number of Topliss-reactive ketones (excluding diaryl/α,β-unsaturated/α-hetero) is 1. The lowest BCUT2D eigenvalue weighted by Crippen LogP contribution is -2.25. The number of nitrogens with zero attached hydrogens (tertiary/aromatic N) is 1. The van der Waals surface area contributed by atoms with Gasteiger partial charge >= 0.3 is 0 Å². The van der Waals surface area contributed by atoms with Crippen LogP contribution < -0.4 is 0 Å². The highest BCUT2D eigenvalue weighted by Crippen LogP contribution is 2.31. The van der Waals surface area contributed by atoms with Crippen LogP contribution in [-0.4, -0.2) is 29.0 Å². The molecule has 1 aromatic rings. The average Bonchev–Trinajstić information content (AvgIpc) is 2.59. The van der Waals surface area contributed by atoms with E-state index in [2.05, 4.69) is 5.16 Å². The van der Waals surface area contributed by atoms with E-state index in [1.54, 1.807) is 23.9 Å². The zero-order chi connectivity index (χ0) is 18.2. The molecule has 25 heavy (non-hydrogen) atoms. The molecule has 0 radical (unpaired) electrons. The van der Waals surface area contributed by atoms with E-state index in [4.69, 9.17) is 4.84 Å². The normalized spacial score (nSPS) is 18.6. The quantitative estimate of drug-likeness (QED) is 0.404. The van der Waals surface area contributed by atoms with Gasteiger partial charge in [0.2, 0.25) is 0 Å². The zero-order valence-corrected chi connectivity index (χ0v) is 15.4. The number of hydrogen-bond donors (Lipinski definition) is 1. The summed E-state index contributed by atoms with van der Waals surface area (Å²) < 4.78 is 12.9. The Balaban J connectivity index is 1.94. The second-order valence-electron chi connectivity index (χ2n) is 5.92. The van der Waals surface area contributed by atoms with Gasteiger partial charge in [0.1, 0.15) is 18.2 Å². The van der Waals surface area contributed by atoms with Crippen LogP contribution >= 0.6 is 11.8 Å². The van der Waals surface area contributed by atoms with Gasteiger partial charge in [-0.15, -0.1) is 11.8 Å². The van der Waals surface area contributed by atoms with Gasteiger partial charge in [0.05, 0.1) is 11.3 Å². The number of aliphatic hydroxyl groups is 1. The minimum absolute atomic E-state index is 0.0687. The molecule has 6 heteroatoms. The summed E-state index contributed by atoms with van der Waals surface area (Å²) in [7, 11) is 0. The van der Waals surface area contributed by atoms with Crippen LogP contribution in [0.5, 0.6) is 0 Å². The van der Waals surface area contributed by atoms with Gasteiger partial charge in [-0.2, -0.15) is 0 Å². The fraction of sp³-hybridized carbons (Fsp3) is 0.474. The molecule has 1 aliphatic rings. The Labute approximate surface area is 152 Å². The number of carbonyl (C=O) groups is 1. The predicted octanol–water partition coefficient (Wildman–Crippen LogP) is 4.90. The average molecular weight is 365 g/mol. The highest BCUT2D eigenvalue weighted by atomic mass is 32.2. The summed E-state index contributed by atoms with van der Waals surface area (Å²) in [6.45, 7) is 4.13. The molecule has 0 heterocycles. The van der Waals surface area contributed by atoms with Gasteiger partial charge in [-0.25, -0.2) is 4.39 Å². The number of oxime groups is 1. The highest BCUT2D eigenvalue weighted by Gasteiger charge is 2.30. The van der Waals surface area contributed by atoms with E-state index < -0.39 is 0 Å². The van der Waals surface area contributed by atoms with Crippen LogP contribution in [0.2, 0.25) is 0 Å². The molecule has 2 rings (SSSR count). The first-order valence-corrected chi connectivity index (χ1v) is 9.56. The number of ketones is 1. The zero-order valence-electron chi connectivity index (χ0n) is 14.6. The van der Waals surface area contributed by atoms with Crippen molar-refractivity contribution in [2.45, 2.75) is 44.4 Å². The second-order valence-corrected chi connectivity index (χ2v) is 7.09. The van der Waals surface area contributed by atoms with E-state index in [1.807, 2.05) is 13.8 Å². The van der Waals surface area contributed by atoms with Crippen LogP contribution in [-0.2, 0) is 9.63 Å². The Kier molecular flexibility index (Phi) is 7.50. The summed E-state index contributed by atoms with van der Waals surface area (Å²) in [4.78, 5) is 18.5. The maximum atomic E-state index is 12.9. The lowest BCUT2D eigenvalue weighted by atomic mass is 9.83. The molecule has 0 spiro atoms. The molecule has 136 valence electrons. The molecule has 0 saturated carbocycles. The fourth-order valence-electron chi connectivity index (χ4n) is 2.81. The van der Waals surface area contributed by atoms with E-state index in [9.17, 15) is 14.3 Å². The first-order valence-electron chi connectivity index (χ1n) is 8.58. The minimum Gasteiger partial charge on any atom is -0.511 e. The largest absolute Gasteiger partial charge is 0.511 e. The highest BCUT2D eigenvalue weighted by molar-refractivity contribution is 7.99. The summed E-state index contributed by atoms with van der Waals surface area (Å²) in [5.74, 6) is 0.744. The monoisotopic (exact) mass is 365 g/mol. The third-order valence-corrected chi connectivity index (χ3v) is 5.10. The molecule has 1 aliphatic carbocycles. The topological polar surface area (TPSA) is 58.9 Å². The van der Waals surface area contributed by atoms with Crippen molar-refractivity contribution in [1.29, 1.82) is 0 Å². The maximum absolute atomic E-state index is 12.9. The molecule has 0 bridgehead atoms. The van der Waals surface area contributed by atoms with Gasteiger partial charge in [0, 0.05) is 17.7 Å². The van der Waals surface area contributed by atoms with Crippen molar-refractivity contribution in [3.8, 4) is 0 Å². The Morgan fingerprint density at radius 1 is 1.32 bits per heavy atom. The van der Waals surface area contributed by atoms with Crippen LogP contribution in [0.3, 0.4) is 0 Å². The minimum atomic E-state index is -0.245. The third kappa shape index (κ3) is 5.59. The molecule has 0 amide bonds. The number of benzene rings is 1.